The van der Waals surface area contributed by atoms with Crippen LogP contribution < -0.4 is 16.2 Å². The standard InChI is InChI=1S/C32H46N6O4/c1-5-6-13-33-30-34-19-27-25-12-9-23(20-37-14-16-41-17-15-37)18-26(25)29(39)38(28(27)36-30)21-22-7-10-24(11-8-22)35-31(40)42-32(2,3)4/h9,12,18-19,22,24H,5-8,10-11,13-17,20-21H2,1-4H3,(H,35,40)(H,33,34,36). The highest BCUT2D eigenvalue weighted by atomic mass is 16.6. The first kappa shape index (κ1) is 30.2. The lowest BCUT2D eigenvalue weighted by atomic mass is 9.86. The minimum atomic E-state index is -0.520. The molecule has 1 aliphatic heterocycles. The van der Waals surface area contributed by atoms with Crippen LogP contribution in [0.15, 0.2) is 29.2 Å². The number of ether oxygens (including phenoxy) is 2. The number of hydrogen-bond donors (Lipinski definition) is 2. The van der Waals surface area contributed by atoms with E-state index in [1.807, 2.05) is 31.5 Å². The van der Waals surface area contributed by atoms with Gasteiger partial charge in [0.25, 0.3) is 5.56 Å². The van der Waals surface area contributed by atoms with E-state index < -0.39 is 5.60 Å². The second-order valence-electron chi connectivity index (χ2n) is 12.8. The Balaban J connectivity index is 1.41. The predicted molar refractivity (Wildman–Crippen MR) is 166 cm³/mol. The fourth-order valence-electron chi connectivity index (χ4n) is 5.98. The van der Waals surface area contributed by atoms with Crippen LogP contribution >= 0.6 is 0 Å². The Labute approximate surface area is 248 Å². The summed E-state index contributed by atoms with van der Waals surface area (Å²) in [5, 5.41) is 8.85. The molecule has 228 valence electrons. The molecule has 5 rings (SSSR count). The lowest BCUT2D eigenvalue weighted by molar-refractivity contribution is 0.0342. The van der Waals surface area contributed by atoms with E-state index in [2.05, 4.69) is 45.6 Å². The van der Waals surface area contributed by atoms with Crippen LogP contribution in [0.4, 0.5) is 10.7 Å². The summed E-state index contributed by atoms with van der Waals surface area (Å²) in [5.41, 5.74) is 1.28. The number of benzene rings is 1. The molecule has 0 unspecified atom stereocenters. The van der Waals surface area contributed by atoms with Crippen molar-refractivity contribution in [3.8, 4) is 0 Å². The van der Waals surface area contributed by atoms with Crippen molar-refractivity contribution in [1.82, 2.24) is 24.8 Å². The molecule has 0 radical (unpaired) electrons. The molecule has 2 aliphatic rings. The first-order chi connectivity index (χ1) is 20.2. The van der Waals surface area contributed by atoms with Crippen LogP contribution in [0.3, 0.4) is 0 Å². The second kappa shape index (κ2) is 13.4. The Hall–Kier alpha value is -3.24. The van der Waals surface area contributed by atoms with Crippen molar-refractivity contribution >= 4 is 33.8 Å². The van der Waals surface area contributed by atoms with Gasteiger partial charge in [-0.3, -0.25) is 14.3 Å². The van der Waals surface area contributed by atoms with Crippen molar-refractivity contribution in [1.29, 1.82) is 0 Å². The van der Waals surface area contributed by atoms with E-state index in [0.717, 1.165) is 94.3 Å². The summed E-state index contributed by atoms with van der Waals surface area (Å²) in [6, 6.07) is 6.31. The number of nitrogens with zero attached hydrogens (tertiary/aromatic N) is 4. The van der Waals surface area contributed by atoms with E-state index in [9.17, 15) is 9.59 Å². The largest absolute Gasteiger partial charge is 0.444 e. The van der Waals surface area contributed by atoms with Crippen LogP contribution in [0.5, 0.6) is 0 Å². The molecular weight excluding hydrogens is 532 g/mol. The summed E-state index contributed by atoms with van der Waals surface area (Å²) < 4.78 is 12.8. The van der Waals surface area contributed by atoms with E-state index in [-0.39, 0.29) is 17.7 Å². The minimum absolute atomic E-state index is 0.00598. The van der Waals surface area contributed by atoms with Gasteiger partial charge in [0.05, 0.1) is 13.2 Å². The molecule has 1 saturated carbocycles. The van der Waals surface area contributed by atoms with Crippen LogP contribution in [0.25, 0.3) is 21.8 Å². The monoisotopic (exact) mass is 578 g/mol. The summed E-state index contributed by atoms with van der Waals surface area (Å²) >= 11 is 0. The van der Waals surface area contributed by atoms with Crippen molar-refractivity contribution in [2.24, 2.45) is 5.92 Å². The predicted octanol–water partition coefficient (Wildman–Crippen LogP) is 5.07. The fraction of sp³-hybridized carbons (Fsp3) is 0.625. The highest BCUT2D eigenvalue weighted by molar-refractivity contribution is 6.04. The third kappa shape index (κ3) is 7.58. The van der Waals surface area contributed by atoms with Crippen molar-refractivity contribution < 1.29 is 14.3 Å². The summed E-state index contributed by atoms with van der Waals surface area (Å²) in [6.45, 7) is 13.2. The van der Waals surface area contributed by atoms with Gasteiger partial charge in [-0.05, 0) is 75.8 Å². The molecule has 1 aliphatic carbocycles. The molecule has 10 heteroatoms. The SMILES string of the molecule is CCCCNc1ncc2c3ccc(CN4CCOCC4)cc3c(=O)n(CC3CCC(NC(=O)OC(C)(C)C)CC3)c2n1. The van der Waals surface area contributed by atoms with Gasteiger partial charge in [-0.1, -0.05) is 25.5 Å². The molecule has 10 nitrogen and oxygen atoms in total. The molecule has 0 atom stereocenters. The number of unbranched alkanes of at least 4 members (excludes halogenated alkanes) is 1. The maximum absolute atomic E-state index is 14.1. The van der Waals surface area contributed by atoms with Gasteiger partial charge in [0.15, 0.2) is 0 Å². The van der Waals surface area contributed by atoms with Gasteiger partial charge < -0.3 is 20.1 Å². The number of amides is 1. The van der Waals surface area contributed by atoms with Crippen LogP contribution in [0.1, 0.15) is 71.8 Å². The number of rotatable bonds is 9. The Morgan fingerprint density at radius 2 is 1.86 bits per heavy atom. The lowest BCUT2D eigenvalue weighted by Gasteiger charge is -2.30. The number of hydrogen-bond acceptors (Lipinski definition) is 8. The van der Waals surface area contributed by atoms with Crippen LogP contribution in [0, 0.1) is 5.92 Å². The summed E-state index contributed by atoms with van der Waals surface area (Å²) in [6.07, 6.45) is 7.13. The van der Waals surface area contributed by atoms with E-state index >= 15 is 0 Å². The van der Waals surface area contributed by atoms with Crippen molar-refractivity contribution in [2.45, 2.75) is 91.0 Å². The van der Waals surface area contributed by atoms with E-state index in [1.165, 1.54) is 0 Å². The topological polar surface area (TPSA) is 111 Å². The Morgan fingerprint density at radius 1 is 1.10 bits per heavy atom. The molecule has 3 aromatic rings. The normalized spacial score (nSPS) is 20.1. The molecule has 0 bridgehead atoms. The molecule has 3 heterocycles. The quantitative estimate of drug-likeness (QED) is 0.267. The molecule has 1 aromatic carbocycles. The van der Waals surface area contributed by atoms with E-state index in [1.54, 1.807) is 0 Å². The molecule has 42 heavy (non-hydrogen) atoms. The zero-order valence-electron chi connectivity index (χ0n) is 25.6. The van der Waals surface area contributed by atoms with Gasteiger partial charge >= 0.3 is 6.09 Å². The zero-order chi connectivity index (χ0) is 29.7. The molecule has 1 saturated heterocycles. The lowest BCUT2D eigenvalue weighted by Crippen LogP contribution is -2.41. The van der Waals surface area contributed by atoms with Crippen LogP contribution in [-0.4, -0.2) is 70.0 Å². The smallest absolute Gasteiger partial charge is 0.407 e. The number of pyridine rings is 1. The highest BCUT2D eigenvalue weighted by Gasteiger charge is 2.26. The summed E-state index contributed by atoms with van der Waals surface area (Å²) in [7, 11) is 0. The van der Waals surface area contributed by atoms with Gasteiger partial charge in [0, 0.05) is 55.7 Å². The Bertz CT molecular complexity index is 1430. The van der Waals surface area contributed by atoms with Gasteiger partial charge in [-0.15, -0.1) is 0 Å². The van der Waals surface area contributed by atoms with Crippen molar-refractivity contribution in [3.05, 3.63) is 40.3 Å². The Kier molecular flexibility index (Phi) is 9.63. The average molecular weight is 579 g/mol. The van der Waals surface area contributed by atoms with Crippen LogP contribution in [-0.2, 0) is 22.6 Å². The zero-order valence-corrected chi connectivity index (χ0v) is 25.6. The number of alkyl carbamates (subject to hydrolysis) is 1. The van der Waals surface area contributed by atoms with Gasteiger partial charge in [-0.25, -0.2) is 9.78 Å². The summed E-state index contributed by atoms with van der Waals surface area (Å²) in [4.78, 5) is 38.3. The maximum atomic E-state index is 14.1. The third-order valence-corrected chi connectivity index (χ3v) is 8.21. The Morgan fingerprint density at radius 3 is 2.57 bits per heavy atom. The number of aromatic nitrogens is 3. The van der Waals surface area contributed by atoms with Crippen molar-refractivity contribution in [2.75, 3.05) is 38.2 Å². The number of nitrogens with one attached hydrogen (secondary N) is 2. The molecule has 2 N–H and O–H groups in total. The molecular formula is C32H46N6O4. The number of carbonyl (C=O) groups excluding carboxylic acids is 1. The fourth-order valence-corrected chi connectivity index (χ4v) is 5.98. The van der Waals surface area contributed by atoms with Crippen molar-refractivity contribution in [3.63, 3.8) is 0 Å². The maximum Gasteiger partial charge on any atom is 0.407 e. The van der Waals surface area contributed by atoms with E-state index in [0.29, 0.717) is 29.4 Å². The second-order valence-corrected chi connectivity index (χ2v) is 12.8. The first-order valence-corrected chi connectivity index (χ1v) is 15.6. The third-order valence-electron chi connectivity index (χ3n) is 8.21. The van der Waals surface area contributed by atoms with Gasteiger partial charge in [-0.2, -0.15) is 4.98 Å². The first-order valence-electron chi connectivity index (χ1n) is 15.6. The molecule has 1 amide bonds. The number of anilines is 1. The van der Waals surface area contributed by atoms with Gasteiger partial charge in [0.1, 0.15) is 11.2 Å². The molecule has 2 fully saturated rings. The number of fused-ring (bicyclic) bond motifs is 3. The van der Waals surface area contributed by atoms with Crippen LogP contribution in [0.2, 0.25) is 0 Å². The number of carbonyl (C=O) groups is 1. The van der Waals surface area contributed by atoms with Gasteiger partial charge in [0.2, 0.25) is 5.95 Å². The minimum Gasteiger partial charge on any atom is -0.444 e. The summed E-state index contributed by atoms with van der Waals surface area (Å²) in [5.74, 6) is 0.862. The molecule has 0 spiro atoms. The van der Waals surface area contributed by atoms with E-state index in [4.69, 9.17) is 14.5 Å². The average Bonchev–Trinajstić information content (AvgIpc) is 2.96. The molecule has 2 aromatic heterocycles. The number of morpholine rings is 1. The highest BCUT2D eigenvalue weighted by Crippen LogP contribution is 2.29.